The summed E-state index contributed by atoms with van der Waals surface area (Å²) in [6, 6.07) is -0.456. The topological polar surface area (TPSA) is 89.6 Å². The van der Waals surface area contributed by atoms with Crippen molar-refractivity contribution in [3.63, 3.8) is 0 Å². The van der Waals surface area contributed by atoms with Gasteiger partial charge in [0.15, 0.2) is 9.84 Å². The van der Waals surface area contributed by atoms with E-state index in [-0.39, 0.29) is 17.6 Å². The Labute approximate surface area is 90.5 Å². The maximum atomic E-state index is 11.9. The van der Waals surface area contributed by atoms with E-state index in [9.17, 15) is 8.42 Å². The average molecular weight is 237 g/mol. The summed E-state index contributed by atoms with van der Waals surface area (Å²) in [5.74, 6) is -0.0295. The highest BCUT2D eigenvalue weighted by molar-refractivity contribution is 7.92. The largest absolute Gasteiger partial charge is 0.396 e. The van der Waals surface area contributed by atoms with E-state index in [1.165, 1.54) is 0 Å². The molecule has 0 saturated carbocycles. The zero-order chi connectivity index (χ0) is 11.3. The Balaban J connectivity index is 2.49. The van der Waals surface area contributed by atoms with Crippen molar-refractivity contribution >= 4 is 9.84 Å². The zero-order valence-electron chi connectivity index (χ0n) is 8.76. The summed E-state index contributed by atoms with van der Waals surface area (Å²) in [4.78, 5) is 0. The lowest BCUT2D eigenvalue weighted by molar-refractivity contribution is 0.0983. The summed E-state index contributed by atoms with van der Waals surface area (Å²) in [5.41, 5.74) is 5.61. The Bertz CT molecular complexity index is 272. The van der Waals surface area contributed by atoms with Crippen molar-refractivity contribution in [1.29, 1.82) is 0 Å². The molecule has 1 heterocycles. The van der Waals surface area contributed by atoms with E-state index < -0.39 is 15.9 Å². The van der Waals surface area contributed by atoms with Gasteiger partial charge in [-0.1, -0.05) is 0 Å². The van der Waals surface area contributed by atoms with Gasteiger partial charge in [0.1, 0.15) is 0 Å². The van der Waals surface area contributed by atoms with E-state index in [1.54, 1.807) is 0 Å². The van der Waals surface area contributed by atoms with Gasteiger partial charge in [-0.05, 0) is 19.3 Å². The molecule has 90 valence electrons. The smallest absolute Gasteiger partial charge is 0.154 e. The number of aliphatic hydroxyl groups excluding tert-OH is 1. The van der Waals surface area contributed by atoms with Gasteiger partial charge in [0.05, 0.1) is 11.0 Å². The number of ether oxygens (including phenoxy) is 1. The molecule has 1 fully saturated rings. The number of nitrogens with two attached hydrogens (primary N) is 1. The molecule has 3 N–H and O–H groups in total. The lowest BCUT2D eigenvalue weighted by atomic mass is 10.2. The second kappa shape index (κ2) is 5.79. The molecule has 0 amide bonds. The molecule has 1 unspecified atom stereocenters. The minimum atomic E-state index is -3.12. The van der Waals surface area contributed by atoms with Crippen LogP contribution in [0.5, 0.6) is 0 Å². The van der Waals surface area contributed by atoms with E-state index in [0.29, 0.717) is 32.5 Å². The lowest BCUT2D eigenvalue weighted by Crippen LogP contribution is -2.38. The highest BCUT2D eigenvalue weighted by Crippen LogP contribution is 2.17. The fourth-order valence-electron chi connectivity index (χ4n) is 1.72. The number of aliphatic hydroxyl groups is 1. The van der Waals surface area contributed by atoms with Gasteiger partial charge >= 0.3 is 0 Å². The van der Waals surface area contributed by atoms with Crippen molar-refractivity contribution in [2.45, 2.75) is 30.6 Å². The molecule has 6 heteroatoms. The van der Waals surface area contributed by atoms with E-state index in [2.05, 4.69) is 0 Å². The van der Waals surface area contributed by atoms with Crippen LogP contribution >= 0.6 is 0 Å². The molecule has 5 nitrogen and oxygen atoms in total. The first-order valence-electron chi connectivity index (χ1n) is 5.22. The second-order valence-electron chi connectivity index (χ2n) is 3.91. The van der Waals surface area contributed by atoms with E-state index in [0.717, 1.165) is 0 Å². The Morgan fingerprint density at radius 3 is 2.53 bits per heavy atom. The molecule has 0 aromatic rings. The Morgan fingerprint density at radius 1 is 1.40 bits per heavy atom. The molecule has 0 radical (unpaired) electrons. The summed E-state index contributed by atoms with van der Waals surface area (Å²) in [7, 11) is -3.12. The van der Waals surface area contributed by atoms with Crippen molar-refractivity contribution < 1.29 is 18.3 Å². The maximum Gasteiger partial charge on any atom is 0.154 e. The third-order valence-corrected chi connectivity index (χ3v) is 5.00. The molecule has 15 heavy (non-hydrogen) atoms. The number of hydrogen-bond donors (Lipinski definition) is 2. The molecule has 0 aliphatic carbocycles. The van der Waals surface area contributed by atoms with E-state index in [4.69, 9.17) is 15.6 Å². The Hall–Kier alpha value is -0.170. The Kier molecular flexibility index (Phi) is 4.98. The van der Waals surface area contributed by atoms with Crippen LogP contribution in [0.3, 0.4) is 0 Å². The summed E-state index contributed by atoms with van der Waals surface area (Å²) < 4.78 is 28.8. The first-order chi connectivity index (χ1) is 7.06. The molecule has 0 aromatic carbocycles. The molecule has 0 bridgehead atoms. The number of hydrogen-bond acceptors (Lipinski definition) is 5. The molecular weight excluding hydrogens is 218 g/mol. The van der Waals surface area contributed by atoms with E-state index in [1.807, 2.05) is 0 Å². The molecule has 1 saturated heterocycles. The average Bonchev–Trinajstić information content (AvgIpc) is 2.18. The van der Waals surface area contributed by atoms with Gasteiger partial charge in [0.25, 0.3) is 0 Å². The van der Waals surface area contributed by atoms with Gasteiger partial charge in [-0.25, -0.2) is 8.42 Å². The highest BCUT2D eigenvalue weighted by Gasteiger charge is 2.28. The summed E-state index contributed by atoms with van der Waals surface area (Å²) in [6.45, 7) is 0.961. The van der Waals surface area contributed by atoms with Crippen LogP contribution in [0.25, 0.3) is 0 Å². The SMILES string of the molecule is NC(CCO)CS(=O)(=O)C1CCOCC1. The third kappa shape index (κ3) is 4.06. The maximum absolute atomic E-state index is 11.9. The van der Waals surface area contributed by atoms with E-state index >= 15 is 0 Å². The van der Waals surface area contributed by atoms with Crippen LogP contribution < -0.4 is 5.73 Å². The lowest BCUT2D eigenvalue weighted by Gasteiger charge is -2.23. The quantitative estimate of drug-likeness (QED) is 0.659. The van der Waals surface area contributed by atoms with Crippen LogP contribution in [-0.2, 0) is 14.6 Å². The van der Waals surface area contributed by atoms with Crippen molar-refractivity contribution in [1.82, 2.24) is 0 Å². The number of sulfone groups is 1. The Morgan fingerprint density at radius 2 is 2.00 bits per heavy atom. The third-order valence-electron chi connectivity index (χ3n) is 2.62. The minimum Gasteiger partial charge on any atom is -0.396 e. The van der Waals surface area contributed by atoms with Gasteiger partial charge in [0, 0.05) is 25.9 Å². The van der Waals surface area contributed by atoms with Crippen molar-refractivity contribution in [2.75, 3.05) is 25.6 Å². The molecule has 0 spiro atoms. The first-order valence-corrected chi connectivity index (χ1v) is 6.93. The van der Waals surface area contributed by atoms with Gasteiger partial charge in [-0.15, -0.1) is 0 Å². The van der Waals surface area contributed by atoms with Gasteiger partial charge in [-0.3, -0.25) is 0 Å². The molecule has 0 aromatic heterocycles. The fourth-order valence-corrected chi connectivity index (χ4v) is 3.66. The van der Waals surface area contributed by atoms with Gasteiger partial charge < -0.3 is 15.6 Å². The second-order valence-corrected chi connectivity index (χ2v) is 6.24. The molecule has 1 atom stereocenters. The normalized spacial score (nSPS) is 21.5. The first kappa shape index (κ1) is 12.9. The van der Waals surface area contributed by atoms with Crippen LogP contribution in [0.2, 0.25) is 0 Å². The molecule has 1 rings (SSSR count). The van der Waals surface area contributed by atoms with Crippen LogP contribution in [0.15, 0.2) is 0 Å². The summed E-state index contributed by atoms with van der Waals surface area (Å²) in [6.07, 6.45) is 1.46. The van der Waals surface area contributed by atoms with Crippen LogP contribution in [0.4, 0.5) is 0 Å². The van der Waals surface area contributed by atoms with Gasteiger partial charge in [0.2, 0.25) is 0 Å². The predicted octanol–water partition coefficient (Wildman–Crippen LogP) is -0.710. The van der Waals surface area contributed by atoms with Crippen molar-refractivity contribution in [3.05, 3.63) is 0 Å². The molecular formula is C9H19NO4S. The van der Waals surface area contributed by atoms with Crippen LogP contribution in [0, 0.1) is 0 Å². The van der Waals surface area contributed by atoms with Gasteiger partial charge in [-0.2, -0.15) is 0 Å². The zero-order valence-corrected chi connectivity index (χ0v) is 9.58. The van der Waals surface area contributed by atoms with Crippen LogP contribution in [-0.4, -0.2) is 50.4 Å². The van der Waals surface area contributed by atoms with Crippen LogP contribution in [0.1, 0.15) is 19.3 Å². The summed E-state index contributed by atoms with van der Waals surface area (Å²) >= 11 is 0. The van der Waals surface area contributed by atoms with Crippen molar-refractivity contribution in [3.8, 4) is 0 Å². The monoisotopic (exact) mass is 237 g/mol. The minimum absolute atomic E-state index is 0.0295. The van der Waals surface area contributed by atoms with Crippen molar-refractivity contribution in [2.24, 2.45) is 5.73 Å². The predicted molar refractivity (Wildman–Crippen MR) is 57.3 cm³/mol. The molecule has 1 aliphatic heterocycles. The highest BCUT2D eigenvalue weighted by atomic mass is 32.2. The number of rotatable bonds is 5. The molecule has 1 aliphatic rings. The standard InChI is InChI=1S/C9H19NO4S/c10-8(1-4-11)7-15(12,13)9-2-5-14-6-3-9/h8-9,11H,1-7,10H2. The summed E-state index contributed by atoms with van der Waals surface area (Å²) in [5, 5.41) is 8.34. The fraction of sp³-hybridized carbons (Fsp3) is 1.00.